The Morgan fingerprint density at radius 3 is 2.48 bits per heavy atom. The van der Waals surface area contributed by atoms with E-state index in [-0.39, 0.29) is 0 Å². The fourth-order valence-corrected chi connectivity index (χ4v) is 3.16. The molecule has 0 bridgehead atoms. The van der Waals surface area contributed by atoms with Crippen LogP contribution >= 0.6 is 0 Å². The maximum absolute atomic E-state index is 9.47. The molecule has 4 aromatic rings. The van der Waals surface area contributed by atoms with Crippen LogP contribution in [0.2, 0.25) is 0 Å². The summed E-state index contributed by atoms with van der Waals surface area (Å²) >= 11 is 0. The van der Waals surface area contributed by atoms with Gasteiger partial charge >= 0.3 is 0 Å². The zero-order valence-electron chi connectivity index (χ0n) is 14.7. The summed E-state index contributed by atoms with van der Waals surface area (Å²) in [6.07, 6.45) is 7.04. The van der Waals surface area contributed by atoms with E-state index in [4.69, 9.17) is 4.74 Å². The number of nitriles is 1. The quantitative estimate of drug-likeness (QED) is 0.543. The van der Waals surface area contributed by atoms with Crippen LogP contribution in [0.4, 0.5) is 0 Å². The van der Waals surface area contributed by atoms with Crippen LogP contribution in [0.25, 0.3) is 28.1 Å². The van der Waals surface area contributed by atoms with Gasteiger partial charge in [-0.2, -0.15) is 5.26 Å². The monoisotopic (exact) mass is 352 g/mol. The molecule has 2 heterocycles. The average molecular weight is 352 g/mol. The Morgan fingerprint density at radius 1 is 0.889 bits per heavy atom. The molecule has 0 fully saturated rings. The summed E-state index contributed by atoms with van der Waals surface area (Å²) in [5.41, 5.74) is 5.05. The second-order valence-corrected chi connectivity index (χ2v) is 5.90. The Bertz CT molecular complexity index is 1140. The molecule has 0 atom stereocenters. The second kappa shape index (κ2) is 7.14. The summed E-state index contributed by atoms with van der Waals surface area (Å²) in [5, 5.41) is 9.47. The third-order valence-corrected chi connectivity index (χ3v) is 4.42. The zero-order valence-corrected chi connectivity index (χ0v) is 14.7. The van der Waals surface area contributed by atoms with Crippen LogP contribution in [0.1, 0.15) is 5.56 Å². The predicted octanol–water partition coefficient (Wildman–Crippen LogP) is 4.48. The van der Waals surface area contributed by atoms with Crippen molar-refractivity contribution >= 4 is 0 Å². The van der Waals surface area contributed by atoms with Crippen LogP contribution in [0.3, 0.4) is 0 Å². The number of pyridine rings is 1. The number of benzene rings is 2. The first kappa shape index (κ1) is 16.6. The Kier molecular flexibility index (Phi) is 4.38. The SMILES string of the molecule is COc1ccccc1-c1ccncc1-n1cncc1-c1ccccc1C#N. The van der Waals surface area contributed by atoms with Crippen molar-refractivity contribution in [2.24, 2.45) is 0 Å². The lowest BCUT2D eigenvalue weighted by molar-refractivity contribution is 0.416. The van der Waals surface area contributed by atoms with Crippen LogP contribution in [0.5, 0.6) is 5.75 Å². The summed E-state index contributed by atoms with van der Waals surface area (Å²) in [6, 6.07) is 19.6. The van der Waals surface area contributed by atoms with Gasteiger partial charge in [0.15, 0.2) is 0 Å². The van der Waals surface area contributed by atoms with E-state index in [2.05, 4.69) is 16.0 Å². The van der Waals surface area contributed by atoms with E-state index in [1.54, 1.807) is 38.1 Å². The highest BCUT2D eigenvalue weighted by molar-refractivity contribution is 5.79. The smallest absolute Gasteiger partial charge is 0.126 e. The van der Waals surface area contributed by atoms with Crippen molar-refractivity contribution in [2.45, 2.75) is 0 Å². The maximum atomic E-state index is 9.47. The van der Waals surface area contributed by atoms with E-state index in [1.807, 2.05) is 53.1 Å². The normalized spacial score (nSPS) is 10.4. The molecule has 0 saturated carbocycles. The first-order valence-corrected chi connectivity index (χ1v) is 8.43. The molecule has 0 N–H and O–H groups in total. The molecule has 0 aliphatic carbocycles. The van der Waals surface area contributed by atoms with Gasteiger partial charge in [0, 0.05) is 22.9 Å². The van der Waals surface area contributed by atoms with Crippen molar-refractivity contribution < 1.29 is 4.74 Å². The van der Waals surface area contributed by atoms with E-state index in [0.29, 0.717) is 5.56 Å². The highest BCUT2D eigenvalue weighted by Crippen LogP contribution is 2.35. The molecule has 5 nitrogen and oxygen atoms in total. The molecule has 2 aromatic carbocycles. The molecular weight excluding hydrogens is 336 g/mol. The molecule has 0 unspecified atom stereocenters. The number of hydrogen-bond donors (Lipinski definition) is 0. The van der Waals surface area contributed by atoms with E-state index < -0.39 is 0 Å². The molecule has 5 heteroatoms. The number of methoxy groups -OCH3 is 1. The molecule has 0 aliphatic rings. The van der Waals surface area contributed by atoms with Crippen LogP contribution < -0.4 is 4.74 Å². The molecule has 27 heavy (non-hydrogen) atoms. The summed E-state index contributed by atoms with van der Waals surface area (Å²) in [4.78, 5) is 8.63. The first-order valence-electron chi connectivity index (χ1n) is 8.43. The van der Waals surface area contributed by atoms with Crippen LogP contribution in [0, 0.1) is 11.3 Å². The summed E-state index contributed by atoms with van der Waals surface area (Å²) in [6.45, 7) is 0. The highest BCUT2D eigenvalue weighted by Gasteiger charge is 2.16. The van der Waals surface area contributed by atoms with E-state index in [1.165, 1.54) is 0 Å². The van der Waals surface area contributed by atoms with Gasteiger partial charge in [0.1, 0.15) is 5.75 Å². The van der Waals surface area contributed by atoms with Gasteiger partial charge in [-0.1, -0.05) is 36.4 Å². The van der Waals surface area contributed by atoms with Gasteiger partial charge in [0.05, 0.1) is 48.8 Å². The Morgan fingerprint density at radius 2 is 1.67 bits per heavy atom. The second-order valence-electron chi connectivity index (χ2n) is 5.90. The number of imidazole rings is 1. The van der Waals surface area contributed by atoms with Crippen molar-refractivity contribution in [1.82, 2.24) is 14.5 Å². The summed E-state index contributed by atoms with van der Waals surface area (Å²) in [5.74, 6) is 0.782. The molecule has 130 valence electrons. The van der Waals surface area contributed by atoms with E-state index >= 15 is 0 Å². The average Bonchev–Trinajstić information content (AvgIpc) is 3.23. The lowest BCUT2D eigenvalue weighted by Crippen LogP contribution is -2.00. The number of aromatic nitrogens is 3. The van der Waals surface area contributed by atoms with E-state index in [0.717, 1.165) is 33.8 Å². The lowest BCUT2D eigenvalue weighted by Gasteiger charge is -2.15. The third kappa shape index (κ3) is 2.94. The largest absolute Gasteiger partial charge is 0.496 e. The lowest BCUT2D eigenvalue weighted by atomic mass is 10.0. The predicted molar refractivity (Wildman–Crippen MR) is 103 cm³/mol. The Balaban J connectivity index is 1.94. The van der Waals surface area contributed by atoms with Crippen molar-refractivity contribution in [3.63, 3.8) is 0 Å². The van der Waals surface area contributed by atoms with Gasteiger partial charge in [-0.25, -0.2) is 4.98 Å². The number of hydrogen-bond acceptors (Lipinski definition) is 4. The van der Waals surface area contributed by atoms with Gasteiger partial charge in [-0.3, -0.25) is 9.55 Å². The van der Waals surface area contributed by atoms with Gasteiger partial charge in [-0.05, 0) is 18.2 Å². The number of para-hydroxylation sites is 1. The number of rotatable bonds is 4. The maximum Gasteiger partial charge on any atom is 0.126 e. The molecule has 0 amide bonds. The van der Waals surface area contributed by atoms with Crippen LogP contribution in [0.15, 0.2) is 79.5 Å². The molecule has 0 saturated heterocycles. The minimum absolute atomic E-state index is 0.599. The highest BCUT2D eigenvalue weighted by atomic mass is 16.5. The van der Waals surface area contributed by atoms with Gasteiger partial charge < -0.3 is 4.74 Å². The Hall–Kier alpha value is -3.91. The number of nitrogens with zero attached hydrogens (tertiary/aromatic N) is 4. The molecule has 0 spiro atoms. The number of ether oxygens (including phenoxy) is 1. The fourth-order valence-electron chi connectivity index (χ4n) is 3.16. The first-order chi connectivity index (χ1) is 13.3. The molecule has 4 rings (SSSR count). The molecule has 2 aromatic heterocycles. The topological polar surface area (TPSA) is 63.7 Å². The van der Waals surface area contributed by atoms with Crippen molar-refractivity contribution in [2.75, 3.05) is 7.11 Å². The zero-order chi connectivity index (χ0) is 18.6. The fraction of sp³-hybridized carbons (Fsp3) is 0.0455. The standard InChI is InChI=1S/C22H16N4O/c1-27-22-9-5-4-8-19(22)18-10-11-24-13-21(18)26-15-25-14-20(26)17-7-3-2-6-16(17)12-23/h2-11,13-15H,1H3. The minimum atomic E-state index is 0.599. The Labute approximate surface area is 157 Å². The third-order valence-electron chi connectivity index (χ3n) is 4.42. The van der Waals surface area contributed by atoms with Gasteiger partial charge in [0.2, 0.25) is 0 Å². The summed E-state index contributed by atoms with van der Waals surface area (Å²) in [7, 11) is 1.66. The minimum Gasteiger partial charge on any atom is -0.496 e. The van der Waals surface area contributed by atoms with Crippen LogP contribution in [-0.4, -0.2) is 21.6 Å². The van der Waals surface area contributed by atoms with Gasteiger partial charge in [0.25, 0.3) is 0 Å². The van der Waals surface area contributed by atoms with Crippen molar-refractivity contribution in [3.05, 3.63) is 85.1 Å². The molecule has 0 radical (unpaired) electrons. The molecular formula is C22H16N4O. The summed E-state index contributed by atoms with van der Waals surface area (Å²) < 4.78 is 7.48. The van der Waals surface area contributed by atoms with Gasteiger partial charge in [-0.15, -0.1) is 0 Å². The van der Waals surface area contributed by atoms with Crippen molar-refractivity contribution in [3.8, 4) is 39.9 Å². The van der Waals surface area contributed by atoms with Crippen LogP contribution in [-0.2, 0) is 0 Å². The van der Waals surface area contributed by atoms with Crippen molar-refractivity contribution in [1.29, 1.82) is 5.26 Å². The molecule has 0 aliphatic heterocycles. The van der Waals surface area contributed by atoms with E-state index in [9.17, 15) is 5.26 Å².